The molecule has 1 heterocycles. The summed E-state index contributed by atoms with van der Waals surface area (Å²) in [6, 6.07) is 7.75. The maximum atomic E-state index is 5.79. The first-order valence-electron chi connectivity index (χ1n) is 9.07. The molecule has 0 unspecified atom stereocenters. The average molecular weight is 502 g/mol. The molecule has 0 aliphatic rings. The summed E-state index contributed by atoms with van der Waals surface area (Å²) < 4.78 is 16.5. The molecule has 0 bridgehead atoms. The van der Waals surface area contributed by atoms with Crippen molar-refractivity contribution in [3.8, 4) is 5.75 Å². The number of aromatic nitrogens is 1. The molecule has 0 fully saturated rings. The molecular weight excluding hydrogens is 471 g/mol. The Kier molecular flexibility index (Phi) is 10.3. The fourth-order valence-corrected chi connectivity index (χ4v) is 2.27. The minimum Gasteiger partial charge on any atom is -0.493 e. The van der Waals surface area contributed by atoms with E-state index in [1.54, 1.807) is 20.4 Å². The van der Waals surface area contributed by atoms with Crippen LogP contribution in [0, 0.1) is 0 Å². The van der Waals surface area contributed by atoms with Gasteiger partial charge < -0.3 is 24.5 Å². The molecule has 7 nitrogen and oxygen atoms in total. The quantitative estimate of drug-likeness (QED) is 0.244. The van der Waals surface area contributed by atoms with Gasteiger partial charge in [0.15, 0.2) is 5.96 Å². The van der Waals surface area contributed by atoms with Crippen molar-refractivity contribution >= 4 is 35.6 Å². The molecule has 2 rings (SSSR count). The zero-order valence-corrected chi connectivity index (χ0v) is 19.6. The molecule has 0 amide bonds. The number of oxazole rings is 1. The lowest BCUT2D eigenvalue weighted by Gasteiger charge is -2.14. The highest BCUT2D eigenvalue weighted by atomic mass is 127. The second kappa shape index (κ2) is 11.9. The molecule has 0 spiro atoms. The number of anilines is 1. The monoisotopic (exact) mass is 502 g/mol. The van der Waals surface area contributed by atoms with Gasteiger partial charge in [0, 0.05) is 44.4 Å². The van der Waals surface area contributed by atoms with Gasteiger partial charge in [-0.25, -0.2) is 4.98 Å². The lowest BCUT2D eigenvalue weighted by atomic mass is 9.94. The molecule has 2 aromatic rings. The van der Waals surface area contributed by atoms with E-state index < -0.39 is 0 Å². The van der Waals surface area contributed by atoms with E-state index in [4.69, 9.17) is 13.9 Å². The second-order valence-electron chi connectivity index (χ2n) is 7.14. The summed E-state index contributed by atoms with van der Waals surface area (Å²) in [6.07, 6.45) is 2.63. The van der Waals surface area contributed by atoms with E-state index in [0.29, 0.717) is 31.6 Å². The van der Waals surface area contributed by atoms with E-state index in [0.717, 1.165) is 23.6 Å². The molecule has 28 heavy (non-hydrogen) atoms. The number of guanidine groups is 1. The van der Waals surface area contributed by atoms with Crippen LogP contribution in [-0.4, -0.2) is 38.3 Å². The summed E-state index contributed by atoms with van der Waals surface area (Å²) >= 11 is 0. The standard InChI is InChI=1S/C20H30N4O3.HI/c1-20(2,3)17-13-22-18(27-17)14-23-19(21-4)24-15-8-6-9-16(12-15)26-11-7-10-25-5;/h6,8-9,12-13H,7,10-11,14H2,1-5H3,(H2,21,23,24);1H. The van der Waals surface area contributed by atoms with Crippen molar-refractivity contribution in [2.45, 2.75) is 39.2 Å². The fourth-order valence-electron chi connectivity index (χ4n) is 2.27. The molecule has 156 valence electrons. The summed E-state index contributed by atoms with van der Waals surface area (Å²) in [5.74, 6) is 2.91. The topological polar surface area (TPSA) is 80.9 Å². The highest BCUT2D eigenvalue weighted by Crippen LogP contribution is 2.22. The highest BCUT2D eigenvalue weighted by Gasteiger charge is 2.19. The first-order valence-corrected chi connectivity index (χ1v) is 9.07. The van der Waals surface area contributed by atoms with Gasteiger partial charge in [0.25, 0.3) is 0 Å². The number of methoxy groups -OCH3 is 1. The van der Waals surface area contributed by atoms with Crippen molar-refractivity contribution in [1.29, 1.82) is 0 Å². The van der Waals surface area contributed by atoms with Gasteiger partial charge >= 0.3 is 0 Å². The van der Waals surface area contributed by atoms with E-state index in [2.05, 4.69) is 41.4 Å². The predicted octanol–water partition coefficient (Wildman–Crippen LogP) is 4.19. The van der Waals surface area contributed by atoms with Crippen molar-refractivity contribution in [3.63, 3.8) is 0 Å². The molecule has 0 atom stereocenters. The van der Waals surface area contributed by atoms with Crippen LogP contribution < -0.4 is 15.4 Å². The van der Waals surface area contributed by atoms with Crippen LogP contribution in [0.15, 0.2) is 39.9 Å². The van der Waals surface area contributed by atoms with Crippen LogP contribution in [0.1, 0.15) is 38.8 Å². The predicted molar refractivity (Wildman–Crippen MR) is 123 cm³/mol. The van der Waals surface area contributed by atoms with Crippen molar-refractivity contribution in [2.75, 3.05) is 32.7 Å². The average Bonchev–Trinajstić information content (AvgIpc) is 3.12. The first-order chi connectivity index (χ1) is 12.9. The Balaban J connectivity index is 0.00000392. The lowest BCUT2D eigenvalue weighted by molar-refractivity contribution is 0.172. The van der Waals surface area contributed by atoms with Crippen LogP contribution in [-0.2, 0) is 16.7 Å². The molecule has 1 aromatic heterocycles. The molecule has 0 radical (unpaired) electrons. The van der Waals surface area contributed by atoms with Crippen molar-refractivity contribution < 1.29 is 13.9 Å². The lowest BCUT2D eigenvalue weighted by Crippen LogP contribution is -2.30. The molecule has 0 saturated heterocycles. The van der Waals surface area contributed by atoms with E-state index in [1.807, 2.05) is 24.3 Å². The van der Waals surface area contributed by atoms with Crippen molar-refractivity contribution in [2.24, 2.45) is 4.99 Å². The fraction of sp³-hybridized carbons (Fsp3) is 0.500. The Labute approximate surface area is 184 Å². The number of nitrogens with one attached hydrogen (secondary N) is 2. The van der Waals surface area contributed by atoms with Crippen LogP contribution >= 0.6 is 24.0 Å². The summed E-state index contributed by atoms with van der Waals surface area (Å²) in [7, 11) is 3.40. The molecule has 1 aromatic carbocycles. The zero-order chi connectivity index (χ0) is 19.7. The Morgan fingerprint density at radius 1 is 1.25 bits per heavy atom. The van der Waals surface area contributed by atoms with Gasteiger partial charge in [-0.2, -0.15) is 0 Å². The van der Waals surface area contributed by atoms with E-state index in [-0.39, 0.29) is 29.4 Å². The summed E-state index contributed by atoms with van der Waals surface area (Å²) in [6.45, 7) is 8.03. The zero-order valence-electron chi connectivity index (χ0n) is 17.2. The molecule has 0 aliphatic heterocycles. The Morgan fingerprint density at radius 3 is 2.68 bits per heavy atom. The second-order valence-corrected chi connectivity index (χ2v) is 7.14. The van der Waals surface area contributed by atoms with Crippen LogP contribution in [0.3, 0.4) is 0 Å². The molecule has 2 N–H and O–H groups in total. The van der Waals surface area contributed by atoms with Gasteiger partial charge in [-0.3, -0.25) is 4.99 Å². The van der Waals surface area contributed by atoms with Crippen LogP contribution in [0.2, 0.25) is 0 Å². The number of ether oxygens (including phenoxy) is 2. The number of hydrogen-bond donors (Lipinski definition) is 2. The number of rotatable bonds is 8. The van der Waals surface area contributed by atoms with Crippen molar-refractivity contribution in [3.05, 3.63) is 42.1 Å². The highest BCUT2D eigenvalue weighted by molar-refractivity contribution is 14.0. The Bertz CT molecular complexity index is 741. The smallest absolute Gasteiger partial charge is 0.213 e. The maximum absolute atomic E-state index is 5.79. The third-order valence-electron chi connectivity index (χ3n) is 3.78. The number of halogens is 1. The largest absolute Gasteiger partial charge is 0.493 e. The number of benzene rings is 1. The maximum Gasteiger partial charge on any atom is 0.213 e. The molecule has 0 saturated carbocycles. The number of nitrogens with zero attached hydrogens (tertiary/aromatic N) is 2. The van der Waals surface area contributed by atoms with E-state index in [9.17, 15) is 0 Å². The number of aliphatic imine (C=N–C) groups is 1. The number of hydrogen-bond acceptors (Lipinski definition) is 5. The minimum atomic E-state index is -0.0606. The molecular formula is C20H31IN4O3. The van der Waals surface area contributed by atoms with Gasteiger partial charge in [0.2, 0.25) is 5.89 Å². The van der Waals surface area contributed by atoms with Crippen LogP contribution in [0.5, 0.6) is 5.75 Å². The third kappa shape index (κ3) is 8.05. The van der Waals surface area contributed by atoms with E-state index >= 15 is 0 Å². The molecule has 0 aliphatic carbocycles. The van der Waals surface area contributed by atoms with E-state index in [1.165, 1.54) is 0 Å². The van der Waals surface area contributed by atoms with Crippen LogP contribution in [0.4, 0.5) is 5.69 Å². The van der Waals surface area contributed by atoms with Crippen molar-refractivity contribution in [1.82, 2.24) is 10.3 Å². The summed E-state index contributed by atoms with van der Waals surface area (Å²) in [4.78, 5) is 8.55. The summed E-state index contributed by atoms with van der Waals surface area (Å²) in [5, 5.41) is 6.45. The summed E-state index contributed by atoms with van der Waals surface area (Å²) in [5.41, 5.74) is 0.824. The molecule has 8 heteroatoms. The normalized spacial score (nSPS) is 11.7. The van der Waals surface area contributed by atoms with Crippen LogP contribution in [0.25, 0.3) is 0 Å². The van der Waals surface area contributed by atoms with Gasteiger partial charge in [-0.1, -0.05) is 26.8 Å². The third-order valence-corrected chi connectivity index (χ3v) is 3.78. The first kappa shape index (κ1) is 24.2. The van der Waals surface area contributed by atoms with Gasteiger partial charge in [0.1, 0.15) is 11.5 Å². The Hall–Kier alpha value is -1.81. The SMILES string of the molecule is CN=C(NCc1ncc(C(C)(C)C)o1)Nc1cccc(OCCCOC)c1.I. The Morgan fingerprint density at radius 2 is 2.04 bits per heavy atom. The minimum absolute atomic E-state index is 0. The van der Waals surface area contributed by atoms with Gasteiger partial charge in [0.05, 0.1) is 19.3 Å². The van der Waals surface area contributed by atoms with Gasteiger partial charge in [-0.05, 0) is 12.1 Å². The van der Waals surface area contributed by atoms with Gasteiger partial charge in [-0.15, -0.1) is 24.0 Å².